The summed E-state index contributed by atoms with van der Waals surface area (Å²) in [5, 5.41) is 3.27. The van der Waals surface area contributed by atoms with Crippen molar-refractivity contribution in [2.75, 3.05) is 12.0 Å². The second kappa shape index (κ2) is 9.71. The highest BCUT2D eigenvalue weighted by Crippen LogP contribution is 2.29. The van der Waals surface area contributed by atoms with Crippen molar-refractivity contribution in [2.45, 2.75) is 13.3 Å². The van der Waals surface area contributed by atoms with Crippen molar-refractivity contribution in [3.8, 4) is 5.75 Å². The van der Waals surface area contributed by atoms with Crippen LogP contribution in [0, 0.1) is 6.92 Å². The minimum Gasteiger partial charge on any atom is -0.496 e. The van der Waals surface area contributed by atoms with Crippen LogP contribution in [0.1, 0.15) is 22.3 Å². The first-order valence-electron chi connectivity index (χ1n) is 10.4. The fourth-order valence-electron chi connectivity index (χ4n) is 3.62. The molecule has 0 unspecified atom stereocenters. The van der Waals surface area contributed by atoms with Crippen molar-refractivity contribution >= 4 is 52.8 Å². The van der Waals surface area contributed by atoms with E-state index in [1.807, 2.05) is 37.3 Å². The summed E-state index contributed by atoms with van der Waals surface area (Å²) in [6.07, 6.45) is 1.98. The van der Waals surface area contributed by atoms with Crippen LogP contribution in [0.2, 0.25) is 10.0 Å². The first kappa shape index (κ1) is 23.5. The summed E-state index contributed by atoms with van der Waals surface area (Å²) in [5.41, 5.74) is 3.28. The zero-order chi connectivity index (χ0) is 24.4. The third-order valence-electron chi connectivity index (χ3n) is 5.48. The Balaban J connectivity index is 1.67. The molecule has 0 aromatic heterocycles. The molecule has 6 nitrogen and oxygen atoms in total. The fraction of sp³-hybridized carbons (Fsp3) is 0.115. The second-order valence-corrected chi connectivity index (χ2v) is 8.55. The van der Waals surface area contributed by atoms with Gasteiger partial charge in [-0.05, 0) is 59.5 Å². The summed E-state index contributed by atoms with van der Waals surface area (Å²) in [4.78, 5) is 39.0. The van der Waals surface area contributed by atoms with Gasteiger partial charge in [0.25, 0.3) is 11.8 Å². The fourth-order valence-corrected chi connectivity index (χ4v) is 4.00. The zero-order valence-electron chi connectivity index (χ0n) is 18.4. The van der Waals surface area contributed by atoms with E-state index in [0.29, 0.717) is 27.8 Å². The molecule has 34 heavy (non-hydrogen) atoms. The topological polar surface area (TPSA) is 75.7 Å². The van der Waals surface area contributed by atoms with Crippen LogP contribution in [0.15, 0.2) is 66.2 Å². The lowest BCUT2D eigenvalue weighted by Gasteiger charge is -2.26. The first-order chi connectivity index (χ1) is 16.3. The van der Waals surface area contributed by atoms with Gasteiger partial charge in [0, 0.05) is 16.5 Å². The average molecular weight is 495 g/mol. The minimum atomic E-state index is -0.834. The highest BCUT2D eigenvalue weighted by molar-refractivity contribution is 6.39. The molecule has 3 aromatic rings. The Kier molecular flexibility index (Phi) is 6.72. The summed E-state index contributed by atoms with van der Waals surface area (Å²) < 4.78 is 5.54. The Morgan fingerprint density at radius 3 is 2.41 bits per heavy atom. The molecule has 1 fully saturated rings. The smallest absolute Gasteiger partial charge is 0.335 e. The molecule has 0 radical (unpaired) electrons. The van der Waals surface area contributed by atoms with E-state index in [2.05, 4.69) is 5.32 Å². The predicted octanol–water partition coefficient (Wildman–Crippen LogP) is 5.57. The number of halogens is 2. The number of nitrogens with zero attached hydrogens (tertiary/aromatic N) is 1. The molecule has 172 valence electrons. The lowest BCUT2D eigenvalue weighted by atomic mass is 10.0. The van der Waals surface area contributed by atoms with E-state index < -0.39 is 17.8 Å². The molecule has 1 aliphatic rings. The molecule has 0 spiro atoms. The van der Waals surface area contributed by atoms with Crippen LogP contribution in [-0.4, -0.2) is 25.0 Å². The molecule has 0 aliphatic carbocycles. The Morgan fingerprint density at radius 2 is 1.71 bits per heavy atom. The number of aryl methyl sites for hydroxylation is 1. The number of anilines is 1. The molecular weight excluding hydrogens is 475 g/mol. The number of hydrogen-bond acceptors (Lipinski definition) is 4. The number of rotatable bonds is 5. The van der Waals surface area contributed by atoms with Gasteiger partial charge < -0.3 is 4.74 Å². The number of nitrogens with one attached hydrogen (secondary N) is 1. The van der Waals surface area contributed by atoms with Gasteiger partial charge in [-0.3, -0.25) is 14.9 Å². The highest BCUT2D eigenvalue weighted by Gasteiger charge is 2.37. The number of carbonyl (C=O) groups is 3. The Labute approximate surface area is 206 Å². The summed E-state index contributed by atoms with van der Waals surface area (Å²) in [6, 6.07) is 16.8. The van der Waals surface area contributed by atoms with Crippen LogP contribution in [0.3, 0.4) is 0 Å². The third kappa shape index (κ3) is 4.69. The van der Waals surface area contributed by atoms with Gasteiger partial charge in [0.2, 0.25) is 0 Å². The molecule has 1 N–H and O–H groups in total. The second-order valence-electron chi connectivity index (χ2n) is 7.73. The van der Waals surface area contributed by atoms with E-state index in [4.69, 9.17) is 27.9 Å². The summed E-state index contributed by atoms with van der Waals surface area (Å²) >= 11 is 12.4. The monoisotopic (exact) mass is 494 g/mol. The Morgan fingerprint density at radius 1 is 0.941 bits per heavy atom. The summed E-state index contributed by atoms with van der Waals surface area (Å²) in [5.74, 6) is -0.937. The third-order valence-corrected chi connectivity index (χ3v) is 6.25. The SMILES string of the molecule is COc1cc(/C=C2\C(=O)NC(=O)N(c3ccc(C)c(Cl)c3)C2=O)ccc1Cc1ccccc1Cl. The first-order valence-corrected chi connectivity index (χ1v) is 11.1. The van der Waals surface area contributed by atoms with E-state index in [0.717, 1.165) is 21.6 Å². The molecule has 1 aliphatic heterocycles. The molecule has 4 amide bonds. The van der Waals surface area contributed by atoms with Gasteiger partial charge in [-0.25, -0.2) is 9.69 Å². The maximum atomic E-state index is 13.1. The quantitative estimate of drug-likeness (QED) is 0.371. The molecule has 0 saturated carbocycles. The molecule has 1 saturated heterocycles. The highest BCUT2D eigenvalue weighted by atomic mass is 35.5. The van der Waals surface area contributed by atoms with Gasteiger partial charge in [0.05, 0.1) is 12.8 Å². The maximum Gasteiger partial charge on any atom is 0.335 e. The van der Waals surface area contributed by atoms with Crippen LogP contribution < -0.4 is 15.0 Å². The van der Waals surface area contributed by atoms with E-state index in [1.54, 1.807) is 31.4 Å². The number of amides is 4. The van der Waals surface area contributed by atoms with Crippen molar-refractivity contribution in [3.05, 3.63) is 98.5 Å². The number of barbiturate groups is 1. The number of carbonyl (C=O) groups excluding carboxylic acids is 3. The van der Waals surface area contributed by atoms with Gasteiger partial charge in [-0.15, -0.1) is 0 Å². The lowest BCUT2D eigenvalue weighted by molar-refractivity contribution is -0.122. The van der Waals surface area contributed by atoms with Crippen LogP contribution in [0.5, 0.6) is 5.75 Å². The van der Waals surface area contributed by atoms with Gasteiger partial charge in [0.15, 0.2) is 0 Å². The molecule has 4 rings (SSSR count). The van der Waals surface area contributed by atoms with Gasteiger partial charge in [-0.2, -0.15) is 0 Å². The molecule has 0 atom stereocenters. The predicted molar refractivity (Wildman–Crippen MR) is 132 cm³/mol. The van der Waals surface area contributed by atoms with Crippen molar-refractivity contribution < 1.29 is 19.1 Å². The molecule has 1 heterocycles. The largest absolute Gasteiger partial charge is 0.496 e. The van der Waals surface area contributed by atoms with Crippen LogP contribution in [0.25, 0.3) is 6.08 Å². The molecule has 0 bridgehead atoms. The molecule has 8 heteroatoms. The van der Waals surface area contributed by atoms with E-state index in [-0.39, 0.29) is 11.3 Å². The van der Waals surface area contributed by atoms with Crippen LogP contribution in [0.4, 0.5) is 10.5 Å². The number of urea groups is 1. The van der Waals surface area contributed by atoms with Gasteiger partial charge >= 0.3 is 6.03 Å². The Bertz CT molecular complexity index is 1350. The number of methoxy groups -OCH3 is 1. The van der Waals surface area contributed by atoms with Gasteiger partial charge in [-0.1, -0.05) is 59.6 Å². The number of ether oxygens (including phenoxy) is 1. The normalized spacial score (nSPS) is 15.0. The number of benzene rings is 3. The standard InChI is InChI=1S/C26H20Cl2N2O4/c1-15-7-10-19(14-22(15)28)30-25(32)20(24(31)29-26(30)33)11-16-8-9-18(23(12-16)34-2)13-17-5-3-4-6-21(17)27/h3-12,14H,13H2,1-2H3,(H,29,31,33)/b20-11+. The van der Waals surface area contributed by atoms with E-state index in [9.17, 15) is 14.4 Å². The summed E-state index contributed by atoms with van der Waals surface area (Å²) in [7, 11) is 1.54. The average Bonchev–Trinajstić information content (AvgIpc) is 2.81. The lowest BCUT2D eigenvalue weighted by Crippen LogP contribution is -2.54. The van der Waals surface area contributed by atoms with Crippen LogP contribution >= 0.6 is 23.2 Å². The van der Waals surface area contributed by atoms with Gasteiger partial charge in [0.1, 0.15) is 11.3 Å². The molecule has 3 aromatic carbocycles. The maximum absolute atomic E-state index is 13.1. The summed E-state index contributed by atoms with van der Waals surface area (Å²) in [6.45, 7) is 1.81. The van der Waals surface area contributed by atoms with Crippen molar-refractivity contribution in [3.63, 3.8) is 0 Å². The van der Waals surface area contributed by atoms with E-state index in [1.165, 1.54) is 12.1 Å². The van der Waals surface area contributed by atoms with Crippen LogP contribution in [-0.2, 0) is 16.0 Å². The van der Waals surface area contributed by atoms with E-state index >= 15 is 0 Å². The molecular formula is C26H20Cl2N2O4. The Hall–Kier alpha value is -3.61. The zero-order valence-corrected chi connectivity index (χ0v) is 19.9. The number of imide groups is 2. The van der Waals surface area contributed by atoms with Crippen molar-refractivity contribution in [1.29, 1.82) is 0 Å². The number of hydrogen-bond donors (Lipinski definition) is 1. The van der Waals surface area contributed by atoms with Crippen molar-refractivity contribution in [1.82, 2.24) is 5.32 Å². The minimum absolute atomic E-state index is 0.183. The van der Waals surface area contributed by atoms with Crippen molar-refractivity contribution in [2.24, 2.45) is 0 Å².